The van der Waals surface area contributed by atoms with Crippen LogP contribution in [0.2, 0.25) is 0 Å². The number of hydrogen-bond acceptors (Lipinski definition) is 9. The molecule has 0 saturated carbocycles. The zero-order valence-corrected chi connectivity index (χ0v) is 20.3. The number of rotatable bonds is 9. The maximum absolute atomic E-state index is 12.1. The highest BCUT2D eigenvalue weighted by Crippen LogP contribution is 2.41. The predicted octanol–water partition coefficient (Wildman–Crippen LogP) is 5.03. The number of hydrogen-bond donors (Lipinski definition) is 4. The first kappa shape index (κ1) is 24.0. The second kappa shape index (κ2) is 11.3. The summed E-state index contributed by atoms with van der Waals surface area (Å²) in [7, 11) is 0. The third kappa shape index (κ3) is 6.68. The van der Waals surface area contributed by atoms with E-state index in [1.54, 1.807) is 0 Å². The van der Waals surface area contributed by atoms with Crippen molar-refractivity contribution < 1.29 is 19.7 Å². The zero-order valence-electron chi connectivity index (χ0n) is 17.8. The lowest BCUT2D eigenvalue weighted by Crippen LogP contribution is -2.30. The van der Waals surface area contributed by atoms with E-state index in [2.05, 4.69) is 26.9 Å². The molecule has 0 aliphatic carbocycles. The number of aromatic hydroxyl groups is 2. The number of urea groups is 1. The molecule has 0 fully saturated rings. The number of aromatic nitrogens is 2. The molecule has 0 bridgehead atoms. The minimum Gasteiger partial charge on any atom is -0.507 e. The van der Waals surface area contributed by atoms with Crippen molar-refractivity contribution in [2.24, 2.45) is 0 Å². The number of nitrogens with one attached hydrogen (secondary N) is 2. The third-order valence-corrected chi connectivity index (χ3v) is 7.28. The summed E-state index contributed by atoms with van der Waals surface area (Å²) in [5.74, 6) is 0.593. The molecule has 0 radical (unpaired) electrons. The second-order valence-electron chi connectivity index (χ2n) is 6.83. The van der Waals surface area contributed by atoms with Crippen LogP contribution in [0, 0.1) is 13.8 Å². The summed E-state index contributed by atoms with van der Waals surface area (Å²) >= 11 is 4.07. The van der Waals surface area contributed by atoms with Gasteiger partial charge in [0.2, 0.25) is 0 Å². The van der Waals surface area contributed by atoms with Gasteiger partial charge in [-0.2, -0.15) is 0 Å². The average molecular weight is 493 g/mol. The van der Waals surface area contributed by atoms with Crippen LogP contribution in [0.4, 0.5) is 10.5 Å². The quantitative estimate of drug-likeness (QED) is 0.142. The lowest BCUT2D eigenvalue weighted by Gasteiger charge is -2.12. The first-order chi connectivity index (χ1) is 15.4. The highest BCUT2D eigenvalue weighted by molar-refractivity contribution is 8.03. The van der Waals surface area contributed by atoms with Crippen molar-refractivity contribution in [2.75, 3.05) is 24.7 Å². The maximum Gasteiger partial charge on any atom is 0.319 e. The number of carbonyl (C=O) groups is 1. The van der Waals surface area contributed by atoms with Gasteiger partial charge in [0.15, 0.2) is 8.68 Å². The summed E-state index contributed by atoms with van der Waals surface area (Å²) in [4.78, 5) is 12.5. The second-order valence-corrected chi connectivity index (χ2v) is 10.1. The molecule has 3 rings (SSSR count). The smallest absolute Gasteiger partial charge is 0.319 e. The Bertz CT molecular complexity index is 1090. The number of carbonyl (C=O) groups excluding carboxylic acids is 1. The van der Waals surface area contributed by atoms with Gasteiger partial charge in [-0.05, 0) is 44.2 Å². The van der Waals surface area contributed by atoms with Crippen molar-refractivity contribution in [1.29, 1.82) is 0 Å². The Hall–Kier alpha value is -2.63. The number of phenols is 2. The van der Waals surface area contributed by atoms with Crippen LogP contribution in [-0.4, -0.2) is 45.8 Å². The molecule has 0 aliphatic rings. The van der Waals surface area contributed by atoms with Gasteiger partial charge in [0.05, 0.1) is 17.2 Å². The highest BCUT2D eigenvalue weighted by atomic mass is 32.2. The maximum atomic E-state index is 12.1. The molecule has 0 spiro atoms. The topological polar surface area (TPSA) is 117 Å². The Morgan fingerprint density at radius 3 is 2.62 bits per heavy atom. The SMILES string of the molecule is CSc1nnc(Sc2cc(O)c(NC(=O)NCCCOc3ccc(C)cc3C)cc2O)s1. The summed E-state index contributed by atoms with van der Waals surface area (Å²) in [6.45, 7) is 4.89. The number of thioether (sulfide) groups is 1. The Morgan fingerprint density at radius 1 is 1.12 bits per heavy atom. The lowest BCUT2D eigenvalue weighted by atomic mass is 10.1. The van der Waals surface area contributed by atoms with Gasteiger partial charge in [0.25, 0.3) is 0 Å². The normalized spacial score (nSPS) is 10.7. The Balaban J connectivity index is 1.46. The van der Waals surface area contributed by atoms with E-state index in [9.17, 15) is 15.0 Å². The van der Waals surface area contributed by atoms with Gasteiger partial charge >= 0.3 is 6.03 Å². The van der Waals surface area contributed by atoms with E-state index in [-0.39, 0.29) is 17.2 Å². The van der Waals surface area contributed by atoms with Crippen molar-refractivity contribution in [3.05, 3.63) is 41.5 Å². The molecule has 4 N–H and O–H groups in total. The van der Waals surface area contributed by atoms with Crippen molar-refractivity contribution in [2.45, 2.75) is 33.8 Å². The molecule has 170 valence electrons. The summed E-state index contributed by atoms with van der Waals surface area (Å²) in [5, 5.41) is 33.8. The number of nitrogens with zero attached hydrogens (tertiary/aromatic N) is 2. The fraction of sp³-hybridized carbons (Fsp3) is 0.286. The van der Waals surface area contributed by atoms with Crippen molar-refractivity contribution >= 4 is 46.6 Å². The molecule has 2 amide bonds. The van der Waals surface area contributed by atoms with Gasteiger partial charge in [0, 0.05) is 12.6 Å². The molecular weight excluding hydrogens is 468 g/mol. The molecule has 0 saturated heterocycles. The van der Waals surface area contributed by atoms with E-state index in [0.717, 1.165) is 15.7 Å². The van der Waals surface area contributed by atoms with E-state index in [1.165, 1.54) is 52.6 Å². The van der Waals surface area contributed by atoms with Gasteiger partial charge < -0.3 is 25.6 Å². The van der Waals surface area contributed by atoms with Crippen LogP contribution in [-0.2, 0) is 0 Å². The molecule has 11 heteroatoms. The monoisotopic (exact) mass is 492 g/mol. The van der Waals surface area contributed by atoms with Crippen LogP contribution in [0.15, 0.2) is 43.9 Å². The molecule has 3 aromatic rings. The first-order valence-electron chi connectivity index (χ1n) is 9.72. The van der Waals surface area contributed by atoms with E-state index >= 15 is 0 Å². The summed E-state index contributed by atoms with van der Waals surface area (Å²) < 4.78 is 7.19. The Kier molecular flexibility index (Phi) is 8.48. The molecule has 0 atom stereocenters. The highest BCUT2D eigenvalue weighted by Gasteiger charge is 2.14. The van der Waals surface area contributed by atoms with E-state index in [0.29, 0.717) is 28.8 Å². The number of phenolic OH excluding ortho intramolecular Hbond substituents is 2. The molecule has 2 aromatic carbocycles. The summed E-state index contributed by atoms with van der Waals surface area (Å²) in [6.07, 6.45) is 2.52. The summed E-state index contributed by atoms with van der Waals surface area (Å²) in [5.41, 5.74) is 2.36. The summed E-state index contributed by atoms with van der Waals surface area (Å²) in [6, 6.07) is 8.19. The van der Waals surface area contributed by atoms with Gasteiger partial charge in [-0.1, -0.05) is 52.6 Å². The largest absolute Gasteiger partial charge is 0.507 e. The number of anilines is 1. The van der Waals surface area contributed by atoms with Crippen LogP contribution in [0.25, 0.3) is 0 Å². The molecule has 32 heavy (non-hydrogen) atoms. The fourth-order valence-corrected chi connectivity index (χ4v) is 5.18. The average Bonchev–Trinajstić information content (AvgIpc) is 3.20. The Morgan fingerprint density at radius 2 is 1.91 bits per heavy atom. The van der Waals surface area contributed by atoms with Gasteiger partial charge in [-0.3, -0.25) is 0 Å². The number of benzene rings is 2. The van der Waals surface area contributed by atoms with Crippen LogP contribution >= 0.6 is 34.9 Å². The van der Waals surface area contributed by atoms with E-state index in [4.69, 9.17) is 4.74 Å². The third-order valence-electron chi connectivity index (χ3n) is 4.28. The minimum atomic E-state index is -0.486. The molecular formula is C21H24N4O4S3. The van der Waals surface area contributed by atoms with Crippen molar-refractivity contribution in [3.63, 3.8) is 0 Å². The van der Waals surface area contributed by atoms with Crippen LogP contribution < -0.4 is 15.4 Å². The van der Waals surface area contributed by atoms with Crippen molar-refractivity contribution in [1.82, 2.24) is 15.5 Å². The molecule has 1 aromatic heterocycles. The molecule has 0 aliphatic heterocycles. The molecule has 1 heterocycles. The zero-order chi connectivity index (χ0) is 23.1. The number of aryl methyl sites for hydroxylation is 2. The fourth-order valence-electron chi connectivity index (χ4n) is 2.74. The molecule has 8 nitrogen and oxygen atoms in total. The van der Waals surface area contributed by atoms with Crippen LogP contribution in [0.1, 0.15) is 17.5 Å². The predicted molar refractivity (Wildman–Crippen MR) is 129 cm³/mol. The van der Waals surface area contributed by atoms with E-state index in [1.807, 2.05) is 32.2 Å². The van der Waals surface area contributed by atoms with Gasteiger partial charge in [0.1, 0.15) is 17.2 Å². The van der Waals surface area contributed by atoms with Gasteiger partial charge in [-0.25, -0.2) is 4.79 Å². The number of amides is 2. The Labute approximate surface area is 198 Å². The lowest BCUT2D eigenvalue weighted by molar-refractivity contribution is 0.250. The van der Waals surface area contributed by atoms with Crippen molar-refractivity contribution in [3.8, 4) is 17.2 Å². The number of ether oxygens (including phenoxy) is 1. The molecule has 0 unspecified atom stereocenters. The van der Waals surface area contributed by atoms with Gasteiger partial charge in [-0.15, -0.1) is 10.2 Å². The van der Waals surface area contributed by atoms with Crippen LogP contribution in [0.5, 0.6) is 17.2 Å². The standard InChI is InChI=1S/C21H24N4O4S3/c1-12-5-6-17(13(2)9-12)29-8-4-7-22-19(28)23-14-10-16(27)18(11-15(14)26)31-21-25-24-20(30-3)32-21/h5-6,9-11,26-27H,4,7-8H2,1-3H3,(H2,22,23,28). The van der Waals surface area contributed by atoms with E-state index < -0.39 is 6.03 Å². The first-order valence-corrected chi connectivity index (χ1v) is 12.6. The van der Waals surface area contributed by atoms with Crippen LogP contribution in [0.3, 0.4) is 0 Å². The minimum absolute atomic E-state index is 0.0779.